The maximum atomic E-state index is 6.23. The fourth-order valence-corrected chi connectivity index (χ4v) is 2.90. The third-order valence-corrected chi connectivity index (χ3v) is 4.00. The molecule has 0 saturated heterocycles. The van der Waals surface area contributed by atoms with Gasteiger partial charge in [0.2, 0.25) is 0 Å². The van der Waals surface area contributed by atoms with Gasteiger partial charge in [0.1, 0.15) is 0 Å². The second-order valence-corrected chi connectivity index (χ2v) is 5.78. The van der Waals surface area contributed by atoms with Crippen LogP contribution in [-0.4, -0.2) is 16.3 Å². The maximum Gasteiger partial charge on any atom is 0.0675 e. The zero-order valence-corrected chi connectivity index (χ0v) is 14.1. The number of nitrogens with one attached hydrogen (secondary N) is 1. The molecule has 3 nitrogen and oxygen atoms in total. The standard InChI is InChI=1S/C17H24ClN3/c1-5-9-19-11-14-7-8-15(18)10-16(14)17-12(3)20-21(6-2)13(17)4/h7-8,10,19H,5-6,9,11H2,1-4H3. The quantitative estimate of drug-likeness (QED) is 0.805. The highest BCUT2D eigenvalue weighted by atomic mass is 35.5. The zero-order valence-electron chi connectivity index (χ0n) is 13.3. The van der Waals surface area contributed by atoms with Crippen molar-refractivity contribution in [3.63, 3.8) is 0 Å². The van der Waals surface area contributed by atoms with E-state index < -0.39 is 0 Å². The van der Waals surface area contributed by atoms with Gasteiger partial charge in [0.15, 0.2) is 0 Å². The lowest BCUT2D eigenvalue weighted by Gasteiger charge is -2.12. The van der Waals surface area contributed by atoms with Crippen LogP contribution in [0.25, 0.3) is 11.1 Å². The van der Waals surface area contributed by atoms with Crippen LogP contribution >= 0.6 is 11.6 Å². The molecule has 1 aromatic heterocycles. The van der Waals surface area contributed by atoms with Gasteiger partial charge in [-0.25, -0.2) is 0 Å². The molecule has 21 heavy (non-hydrogen) atoms. The first-order valence-electron chi connectivity index (χ1n) is 7.62. The molecule has 1 heterocycles. The van der Waals surface area contributed by atoms with Crippen LogP contribution in [-0.2, 0) is 13.1 Å². The van der Waals surface area contributed by atoms with Gasteiger partial charge in [-0.05, 0) is 57.0 Å². The smallest absolute Gasteiger partial charge is 0.0675 e. The summed E-state index contributed by atoms with van der Waals surface area (Å²) in [6.45, 7) is 11.3. The van der Waals surface area contributed by atoms with Crippen LogP contribution < -0.4 is 5.32 Å². The number of nitrogens with zero attached hydrogens (tertiary/aromatic N) is 2. The van der Waals surface area contributed by atoms with Crippen LogP contribution in [0.1, 0.15) is 37.2 Å². The van der Waals surface area contributed by atoms with E-state index in [0.29, 0.717) is 0 Å². The number of rotatable bonds is 6. The van der Waals surface area contributed by atoms with Crippen molar-refractivity contribution >= 4 is 11.6 Å². The van der Waals surface area contributed by atoms with E-state index in [1.54, 1.807) is 0 Å². The lowest BCUT2D eigenvalue weighted by atomic mass is 9.98. The molecule has 0 atom stereocenters. The van der Waals surface area contributed by atoms with Gasteiger partial charge in [0.05, 0.1) is 5.69 Å². The van der Waals surface area contributed by atoms with Crippen LogP contribution in [0, 0.1) is 13.8 Å². The Kier molecular flexibility index (Phi) is 5.43. The minimum Gasteiger partial charge on any atom is -0.313 e. The molecule has 114 valence electrons. The van der Waals surface area contributed by atoms with E-state index in [-0.39, 0.29) is 0 Å². The Bertz CT molecular complexity index is 617. The van der Waals surface area contributed by atoms with E-state index in [1.807, 2.05) is 6.07 Å². The van der Waals surface area contributed by atoms with Gasteiger partial charge in [-0.3, -0.25) is 4.68 Å². The van der Waals surface area contributed by atoms with Crippen LogP contribution in [0.3, 0.4) is 0 Å². The Labute approximate surface area is 132 Å². The molecular formula is C17H24ClN3. The molecule has 0 bridgehead atoms. The van der Waals surface area contributed by atoms with Crippen LogP contribution in [0.5, 0.6) is 0 Å². The van der Waals surface area contributed by atoms with Crippen LogP contribution in [0.15, 0.2) is 18.2 Å². The Balaban J connectivity index is 2.47. The highest BCUT2D eigenvalue weighted by Gasteiger charge is 2.16. The molecule has 2 rings (SSSR count). The Morgan fingerprint density at radius 2 is 2.00 bits per heavy atom. The molecule has 0 aliphatic carbocycles. The normalized spacial score (nSPS) is 11.1. The molecular weight excluding hydrogens is 282 g/mol. The number of aryl methyl sites for hydroxylation is 2. The Morgan fingerprint density at radius 3 is 2.62 bits per heavy atom. The molecule has 0 unspecified atom stereocenters. The predicted molar refractivity (Wildman–Crippen MR) is 89.8 cm³/mol. The molecule has 0 amide bonds. The van der Waals surface area contributed by atoms with Crippen molar-refractivity contribution in [1.82, 2.24) is 15.1 Å². The summed E-state index contributed by atoms with van der Waals surface area (Å²) in [5.74, 6) is 0. The summed E-state index contributed by atoms with van der Waals surface area (Å²) in [5, 5.41) is 8.87. The van der Waals surface area contributed by atoms with Gasteiger partial charge in [-0.2, -0.15) is 5.10 Å². The molecule has 0 spiro atoms. The first-order valence-corrected chi connectivity index (χ1v) is 7.99. The molecule has 4 heteroatoms. The number of hydrogen-bond acceptors (Lipinski definition) is 2. The van der Waals surface area contributed by atoms with E-state index in [9.17, 15) is 0 Å². The van der Waals surface area contributed by atoms with Gasteiger partial charge in [-0.1, -0.05) is 24.6 Å². The molecule has 2 aromatic rings. The Hall–Kier alpha value is -1.32. The second-order valence-electron chi connectivity index (χ2n) is 5.34. The Morgan fingerprint density at radius 1 is 1.24 bits per heavy atom. The molecule has 0 fully saturated rings. The topological polar surface area (TPSA) is 29.9 Å². The summed E-state index contributed by atoms with van der Waals surface area (Å²) in [6, 6.07) is 6.13. The summed E-state index contributed by atoms with van der Waals surface area (Å²) in [4.78, 5) is 0. The second kappa shape index (κ2) is 7.10. The van der Waals surface area contributed by atoms with Crippen molar-refractivity contribution in [2.24, 2.45) is 0 Å². The van der Waals surface area contributed by atoms with Gasteiger partial charge in [-0.15, -0.1) is 0 Å². The highest BCUT2D eigenvalue weighted by Crippen LogP contribution is 2.32. The molecule has 0 saturated carbocycles. The molecule has 1 N–H and O–H groups in total. The van der Waals surface area contributed by atoms with Crippen molar-refractivity contribution in [1.29, 1.82) is 0 Å². The van der Waals surface area contributed by atoms with Crippen molar-refractivity contribution in [3.8, 4) is 11.1 Å². The molecule has 0 aliphatic heterocycles. The average Bonchev–Trinajstić information content (AvgIpc) is 2.75. The predicted octanol–water partition coefficient (Wildman–Crippen LogP) is 4.34. The van der Waals surface area contributed by atoms with Crippen molar-refractivity contribution in [3.05, 3.63) is 40.2 Å². The summed E-state index contributed by atoms with van der Waals surface area (Å²) in [6.07, 6.45) is 1.13. The maximum absolute atomic E-state index is 6.23. The summed E-state index contributed by atoms with van der Waals surface area (Å²) in [7, 11) is 0. The lowest BCUT2D eigenvalue weighted by molar-refractivity contribution is 0.634. The van der Waals surface area contributed by atoms with Crippen molar-refractivity contribution in [2.45, 2.75) is 47.2 Å². The first kappa shape index (κ1) is 16.1. The largest absolute Gasteiger partial charge is 0.313 e. The fraction of sp³-hybridized carbons (Fsp3) is 0.471. The molecule has 0 radical (unpaired) electrons. The first-order chi connectivity index (χ1) is 10.1. The molecule has 1 aromatic carbocycles. The van der Waals surface area contributed by atoms with Gasteiger partial charge >= 0.3 is 0 Å². The number of aromatic nitrogens is 2. The van der Waals surface area contributed by atoms with Crippen LogP contribution in [0.4, 0.5) is 0 Å². The van der Waals surface area contributed by atoms with Crippen molar-refractivity contribution < 1.29 is 0 Å². The number of halogens is 1. The van der Waals surface area contributed by atoms with Gasteiger partial charge in [0.25, 0.3) is 0 Å². The van der Waals surface area contributed by atoms with Gasteiger partial charge in [0, 0.05) is 29.4 Å². The fourth-order valence-electron chi connectivity index (χ4n) is 2.73. The SMILES string of the molecule is CCCNCc1ccc(Cl)cc1-c1c(C)nn(CC)c1C. The number of benzene rings is 1. The highest BCUT2D eigenvalue weighted by molar-refractivity contribution is 6.30. The van der Waals surface area contributed by atoms with E-state index in [1.165, 1.54) is 22.4 Å². The van der Waals surface area contributed by atoms with Gasteiger partial charge < -0.3 is 5.32 Å². The van der Waals surface area contributed by atoms with E-state index >= 15 is 0 Å². The third kappa shape index (κ3) is 3.47. The summed E-state index contributed by atoms with van der Waals surface area (Å²) < 4.78 is 2.05. The minimum absolute atomic E-state index is 0.771. The average molecular weight is 306 g/mol. The van der Waals surface area contributed by atoms with E-state index in [4.69, 9.17) is 11.6 Å². The van der Waals surface area contributed by atoms with E-state index in [0.717, 1.165) is 36.8 Å². The van der Waals surface area contributed by atoms with E-state index in [2.05, 4.69) is 54.9 Å². The number of hydrogen-bond donors (Lipinski definition) is 1. The van der Waals surface area contributed by atoms with Crippen LogP contribution in [0.2, 0.25) is 5.02 Å². The molecule has 0 aliphatic rings. The monoisotopic (exact) mass is 305 g/mol. The van der Waals surface area contributed by atoms with Crippen molar-refractivity contribution in [2.75, 3.05) is 6.54 Å². The summed E-state index contributed by atoms with van der Waals surface area (Å²) in [5.41, 5.74) is 5.95. The summed E-state index contributed by atoms with van der Waals surface area (Å²) >= 11 is 6.23. The zero-order chi connectivity index (χ0) is 15.4. The minimum atomic E-state index is 0.771. The third-order valence-electron chi connectivity index (χ3n) is 3.76. The lowest BCUT2D eigenvalue weighted by Crippen LogP contribution is -2.14.